The second kappa shape index (κ2) is 5.66. The molecule has 6 heteroatoms. The van der Waals surface area contributed by atoms with Crippen LogP contribution in [-0.4, -0.2) is 45.3 Å². The molecule has 1 heterocycles. The van der Waals surface area contributed by atoms with Crippen molar-refractivity contribution in [1.29, 1.82) is 0 Å². The molecular weight excluding hydrogens is 276 g/mol. The van der Waals surface area contributed by atoms with Gasteiger partial charge in [0.25, 0.3) is 5.91 Å². The van der Waals surface area contributed by atoms with Gasteiger partial charge in [0.2, 0.25) is 0 Å². The SMILES string of the molecule is O=C1N=C(NC2CC3CCC2C3)SC1(CCO)CCO. The molecule has 112 valence electrons. The van der Waals surface area contributed by atoms with Crippen LogP contribution in [0, 0.1) is 11.8 Å². The van der Waals surface area contributed by atoms with Crippen molar-refractivity contribution in [3.8, 4) is 0 Å². The number of nitrogens with one attached hydrogen (secondary N) is 1. The first-order valence-electron chi connectivity index (χ1n) is 7.47. The number of carbonyl (C=O) groups excluding carboxylic acids is 1. The Morgan fingerprint density at radius 1 is 1.25 bits per heavy atom. The molecule has 2 bridgehead atoms. The number of aliphatic imine (C=N–C) groups is 1. The van der Waals surface area contributed by atoms with E-state index in [1.807, 2.05) is 0 Å². The van der Waals surface area contributed by atoms with Gasteiger partial charge >= 0.3 is 0 Å². The van der Waals surface area contributed by atoms with Gasteiger partial charge in [-0.1, -0.05) is 18.2 Å². The van der Waals surface area contributed by atoms with Gasteiger partial charge in [-0.15, -0.1) is 0 Å². The van der Waals surface area contributed by atoms with Gasteiger partial charge in [-0.05, 0) is 43.9 Å². The maximum Gasteiger partial charge on any atom is 0.264 e. The van der Waals surface area contributed by atoms with Gasteiger partial charge in [0.05, 0.1) is 0 Å². The quantitative estimate of drug-likeness (QED) is 0.702. The van der Waals surface area contributed by atoms with Crippen LogP contribution in [-0.2, 0) is 4.79 Å². The number of hydrogen-bond donors (Lipinski definition) is 3. The number of amidine groups is 1. The smallest absolute Gasteiger partial charge is 0.264 e. The van der Waals surface area contributed by atoms with Crippen molar-refractivity contribution >= 4 is 22.8 Å². The third-order valence-electron chi connectivity index (χ3n) is 4.96. The lowest BCUT2D eigenvalue weighted by atomic mass is 9.96. The highest BCUT2D eigenvalue weighted by molar-refractivity contribution is 8.16. The van der Waals surface area contributed by atoms with E-state index < -0.39 is 4.75 Å². The minimum Gasteiger partial charge on any atom is -0.396 e. The highest BCUT2D eigenvalue weighted by Crippen LogP contribution is 2.46. The summed E-state index contributed by atoms with van der Waals surface area (Å²) in [6, 6.07) is 0.451. The second-order valence-electron chi connectivity index (χ2n) is 6.19. The molecule has 20 heavy (non-hydrogen) atoms. The van der Waals surface area contributed by atoms with Crippen molar-refractivity contribution < 1.29 is 15.0 Å². The predicted molar refractivity (Wildman–Crippen MR) is 78.5 cm³/mol. The average Bonchev–Trinajstić information content (AvgIpc) is 3.07. The van der Waals surface area contributed by atoms with Gasteiger partial charge in [-0.25, -0.2) is 0 Å². The minimum atomic E-state index is -0.760. The maximum absolute atomic E-state index is 12.1. The molecule has 2 fully saturated rings. The van der Waals surface area contributed by atoms with E-state index in [0.29, 0.717) is 24.1 Å². The summed E-state index contributed by atoms with van der Waals surface area (Å²) in [6.45, 7) is -0.120. The van der Waals surface area contributed by atoms with Gasteiger partial charge in [0, 0.05) is 19.3 Å². The largest absolute Gasteiger partial charge is 0.396 e. The van der Waals surface area contributed by atoms with E-state index in [9.17, 15) is 15.0 Å². The number of rotatable bonds is 5. The van der Waals surface area contributed by atoms with E-state index in [-0.39, 0.29) is 19.1 Å². The van der Waals surface area contributed by atoms with Crippen LogP contribution in [0.5, 0.6) is 0 Å². The summed E-state index contributed by atoms with van der Waals surface area (Å²) in [5.74, 6) is 1.36. The van der Waals surface area contributed by atoms with Crippen LogP contribution < -0.4 is 5.32 Å². The Labute approximate surface area is 123 Å². The van der Waals surface area contributed by atoms with Crippen LogP contribution in [0.2, 0.25) is 0 Å². The first kappa shape index (κ1) is 14.4. The van der Waals surface area contributed by atoms with Crippen LogP contribution in [0.4, 0.5) is 0 Å². The minimum absolute atomic E-state index is 0.0599. The Balaban J connectivity index is 1.64. The standard InChI is InChI=1S/C14H22N2O3S/c17-5-3-14(4-6-18)12(19)16-13(20-14)15-11-8-9-1-2-10(11)7-9/h9-11,17-18H,1-8H2,(H,15,16,19). The summed E-state index contributed by atoms with van der Waals surface area (Å²) in [5, 5.41) is 22.5. The number of nitrogens with zero attached hydrogens (tertiary/aromatic N) is 1. The van der Waals surface area contributed by atoms with Crippen LogP contribution in [0.25, 0.3) is 0 Å². The van der Waals surface area contributed by atoms with Crippen molar-refractivity contribution in [3.63, 3.8) is 0 Å². The van der Waals surface area contributed by atoms with Gasteiger partial charge in [0.1, 0.15) is 4.75 Å². The lowest BCUT2D eigenvalue weighted by Gasteiger charge is -2.26. The normalized spacial score (nSPS) is 34.6. The molecule has 3 N–H and O–H groups in total. The van der Waals surface area contributed by atoms with E-state index in [1.165, 1.54) is 37.4 Å². The van der Waals surface area contributed by atoms with Crippen molar-refractivity contribution in [2.24, 2.45) is 16.8 Å². The monoisotopic (exact) mass is 298 g/mol. The summed E-state index contributed by atoms with van der Waals surface area (Å²) in [7, 11) is 0. The highest BCUT2D eigenvalue weighted by atomic mass is 32.2. The lowest BCUT2D eigenvalue weighted by Crippen LogP contribution is -2.38. The van der Waals surface area contributed by atoms with Crippen LogP contribution >= 0.6 is 11.8 Å². The van der Waals surface area contributed by atoms with Gasteiger partial charge in [0.15, 0.2) is 5.17 Å². The molecule has 3 rings (SSSR count). The molecule has 0 aromatic rings. The third kappa shape index (κ3) is 2.49. The Morgan fingerprint density at radius 3 is 2.55 bits per heavy atom. The topological polar surface area (TPSA) is 81.9 Å². The van der Waals surface area contributed by atoms with E-state index in [4.69, 9.17) is 0 Å². The summed E-state index contributed by atoms with van der Waals surface area (Å²) < 4.78 is -0.760. The molecular formula is C14H22N2O3S. The van der Waals surface area contributed by atoms with Gasteiger partial charge < -0.3 is 15.5 Å². The molecule has 0 saturated heterocycles. The molecule has 1 aliphatic heterocycles. The predicted octanol–water partition coefficient (Wildman–Crippen LogP) is 0.898. The fourth-order valence-corrected chi connectivity index (χ4v) is 5.12. The van der Waals surface area contributed by atoms with Gasteiger partial charge in [-0.2, -0.15) is 4.99 Å². The molecule has 0 aromatic heterocycles. The molecule has 3 aliphatic rings. The summed E-state index contributed by atoms with van der Waals surface area (Å²) >= 11 is 1.40. The molecule has 1 amide bonds. The van der Waals surface area contributed by atoms with Crippen molar-refractivity contribution in [3.05, 3.63) is 0 Å². The van der Waals surface area contributed by atoms with Crippen LogP contribution in [0.1, 0.15) is 38.5 Å². The third-order valence-corrected chi connectivity index (χ3v) is 6.34. The Kier molecular flexibility index (Phi) is 4.06. The number of aliphatic hydroxyl groups excluding tert-OH is 2. The van der Waals surface area contributed by atoms with Crippen molar-refractivity contribution in [2.45, 2.75) is 49.3 Å². The highest BCUT2D eigenvalue weighted by Gasteiger charge is 2.46. The summed E-state index contributed by atoms with van der Waals surface area (Å²) in [6.07, 6.45) is 5.82. The molecule has 3 atom stereocenters. The van der Waals surface area contributed by atoms with Crippen LogP contribution in [0.15, 0.2) is 4.99 Å². The number of thioether (sulfide) groups is 1. The number of hydrogen-bond acceptors (Lipinski definition) is 5. The Hall–Kier alpha value is -0.590. The van der Waals surface area contributed by atoms with E-state index in [2.05, 4.69) is 10.3 Å². The summed E-state index contributed by atoms with van der Waals surface area (Å²) in [4.78, 5) is 16.3. The van der Waals surface area contributed by atoms with Crippen molar-refractivity contribution in [2.75, 3.05) is 13.2 Å². The molecule has 3 unspecified atom stereocenters. The molecule has 0 radical (unpaired) electrons. The molecule has 2 saturated carbocycles. The van der Waals surface area contributed by atoms with Crippen LogP contribution in [0.3, 0.4) is 0 Å². The van der Waals surface area contributed by atoms with Gasteiger partial charge in [-0.3, -0.25) is 4.79 Å². The number of amides is 1. The zero-order valence-corrected chi connectivity index (χ0v) is 12.4. The molecule has 0 spiro atoms. The Morgan fingerprint density at radius 2 is 2.00 bits per heavy atom. The zero-order valence-electron chi connectivity index (χ0n) is 11.5. The van der Waals surface area contributed by atoms with E-state index in [1.54, 1.807) is 0 Å². The van der Waals surface area contributed by atoms with E-state index in [0.717, 1.165) is 11.8 Å². The first-order chi connectivity index (χ1) is 9.66. The summed E-state index contributed by atoms with van der Waals surface area (Å²) in [5.41, 5.74) is 0. The fraction of sp³-hybridized carbons (Fsp3) is 0.857. The van der Waals surface area contributed by atoms with E-state index >= 15 is 0 Å². The second-order valence-corrected chi connectivity index (χ2v) is 7.56. The fourth-order valence-electron chi connectivity index (χ4n) is 3.89. The number of aliphatic hydroxyl groups is 2. The number of fused-ring (bicyclic) bond motifs is 2. The molecule has 2 aliphatic carbocycles. The average molecular weight is 298 g/mol. The lowest BCUT2D eigenvalue weighted by molar-refractivity contribution is -0.120. The zero-order chi connectivity index (χ0) is 14.2. The molecule has 0 aromatic carbocycles. The van der Waals surface area contributed by atoms with Crippen molar-refractivity contribution in [1.82, 2.24) is 5.32 Å². The first-order valence-corrected chi connectivity index (χ1v) is 8.29. The maximum atomic E-state index is 12.1. The Bertz CT molecular complexity index is 421. The number of carbonyl (C=O) groups is 1. The molecule has 5 nitrogen and oxygen atoms in total.